The zero-order chi connectivity index (χ0) is 14.1. The molecule has 6 heteroatoms. The fourth-order valence-corrected chi connectivity index (χ4v) is 1.72. The zero-order valence-corrected chi connectivity index (χ0v) is 12.4. The van der Waals surface area contributed by atoms with Crippen molar-refractivity contribution in [2.45, 2.75) is 20.8 Å². The molecule has 0 aromatic rings. The number of carbonyl (C=O) groups is 1. The molecule has 0 spiro atoms. The van der Waals surface area contributed by atoms with Gasteiger partial charge in [0.05, 0.1) is 36.2 Å². The van der Waals surface area contributed by atoms with Gasteiger partial charge in [-0.3, -0.25) is 4.79 Å². The van der Waals surface area contributed by atoms with Crippen LogP contribution in [0.25, 0.3) is 0 Å². The van der Waals surface area contributed by atoms with Gasteiger partial charge in [0.25, 0.3) is 0 Å². The molecule has 0 aliphatic heterocycles. The first kappa shape index (κ1) is 18.8. The summed E-state index contributed by atoms with van der Waals surface area (Å²) in [6.45, 7) is 6.83. The van der Waals surface area contributed by atoms with Gasteiger partial charge in [-0.2, -0.15) is 0 Å². The van der Waals surface area contributed by atoms with E-state index in [2.05, 4.69) is 5.87 Å². The summed E-state index contributed by atoms with van der Waals surface area (Å²) in [5, 5.41) is 0. The van der Waals surface area contributed by atoms with Crippen molar-refractivity contribution in [3.8, 4) is 0 Å². The summed E-state index contributed by atoms with van der Waals surface area (Å²) in [5.74, 6) is 3.02. The highest BCUT2D eigenvalue weighted by Gasteiger charge is 2.16. The van der Waals surface area contributed by atoms with Gasteiger partial charge in [-0.15, -0.1) is 0 Å². The van der Waals surface area contributed by atoms with Crippen LogP contribution in [0.3, 0.4) is 0 Å². The molecular formula is C11H26NO4S+. The van der Waals surface area contributed by atoms with E-state index in [9.17, 15) is 9.00 Å². The summed E-state index contributed by atoms with van der Waals surface area (Å²) in [5.41, 5.74) is 0. The highest BCUT2D eigenvalue weighted by Crippen LogP contribution is 1.98. The third kappa shape index (κ3) is 15.4. The Morgan fingerprint density at radius 1 is 1.35 bits per heavy atom. The molecule has 0 amide bonds. The van der Waals surface area contributed by atoms with Gasteiger partial charge >= 0.3 is 5.97 Å². The lowest BCUT2D eigenvalue weighted by Crippen LogP contribution is -2.45. The Kier molecular flexibility index (Phi) is 9.38. The van der Waals surface area contributed by atoms with Gasteiger partial charge in [0.2, 0.25) is 0 Å². The van der Waals surface area contributed by atoms with Gasteiger partial charge < -0.3 is 13.8 Å². The standard InChI is InChI=1S/C9H19NO4S.C2H6/c1-9(11)14-7-5-10(2,3)6-8-15(4,12)13;1-2/h4-8H2,1-3H3;1-2H3/p+1. The average Bonchev–Trinajstić information content (AvgIpc) is 2.16. The Bertz CT molecular complexity index is 309. The second kappa shape index (κ2) is 8.49. The SMILES string of the molecule is C=S(=O)(O)CC[N+](C)(C)CCOC(C)=O.CC. The third-order valence-electron chi connectivity index (χ3n) is 2.02. The van der Waals surface area contributed by atoms with Crippen LogP contribution in [0.15, 0.2) is 0 Å². The topological polar surface area (TPSA) is 63.6 Å². The Balaban J connectivity index is 0. The molecule has 0 radical (unpaired) electrons. The van der Waals surface area contributed by atoms with Crippen molar-refractivity contribution in [3.05, 3.63) is 0 Å². The molecule has 1 atom stereocenters. The molecule has 0 aromatic carbocycles. The average molecular weight is 268 g/mol. The monoisotopic (exact) mass is 268 g/mol. The first-order valence-corrected chi connectivity index (χ1v) is 7.50. The molecular weight excluding hydrogens is 242 g/mol. The van der Waals surface area contributed by atoms with E-state index >= 15 is 0 Å². The highest BCUT2D eigenvalue weighted by atomic mass is 32.2. The third-order valence-corrected chi connectivity index (χ3v) is 2.84. The van der Waals surface area contributed by atoms with Gasteiger partial charge in [-0.25, -0.2) is 4.21 Å². The molecule has 0 fully saturated rings. The van der Waals surface area contributed by atoms with Crippen LogP contribution in [0, 0.1) is 0 Å². The number of hydrogen-bond donors (Lipinski definition) is 1. The van der Waals surface area contributed by atoms with E-state index in [1.54, 1.807) is 0 Å². The maximum absolute atomic E-state index is 11.0. The van der Waals surface area contributed by atoms with E-state index in [-0.39, 0.29) is 11.7 Å². The number of ether oxygens (including phenoxy) is 1. The minimum absolute atomic E-state index is 0.153. The Labute approximate surface area is 105 Å². The molecule has 0 aromatic heterocycles. The fraction of sp³-hybridized carbons (Fsp3) is 0.818. The van der Waals surface area contributed by atoms with Crippen LogP contribution in [0.5, 0.6) is 0 Å². The largest absolute Gasteiger partial charge is 0.460 e. The predicted octanol–water partition coefficient (Wildman–Crippen LogP) is 0.841. The second-order valence-corrected chi connectivity index (χ2v) is 6.15. The van der Waals surface area contributed by atoms with Gasteiger partial charge in [-0.1, -0.05) is 13.8 Å². The Morgan fingerprint density at radius 3 is 2.18 bits per heavy atom. The van der Waals surface area contributed by atoms with E-state index in [4.69, 9.17) is 9.29 Å². The molecule has 1 N–H and O–H groups in total. The number of quaternary nitrogens is 1. The lowest BCUT2D eigenvalue weighted by molar-refractivity contribution is -0.888. The van der Waals surface area contributed by atoms with Crippen LogP contribution in [0.4, 0.5) is 0 Å². The molecule has 5 nitrogen and oxygen atoms in total. The summed E-state index contributed by atoms with van der Waals surface area (Å²) < 4.78 is 25.3. The normalized spacial score (nSPS) is 14.2. The van der Waals surface area contributed by atoms with Crippen molar-refractivity contribution < 1.29 is 22.8 Å². The summed E-state index contributed by atoms with van der Waals surface area (Å²) in [6, 6.07) is 0. The lowest BCUT2D eigenvalue weighted by Gasteiger charge is -2.29. The smallest absolute Gasteiger partial charge is 0.302 e. The molecule has 0 bridgehead atoms. The highest BCUT2D eigenvalue weighted by molar-refractivity contribution is 7.95. The van der Waals surface area contributed by atoms with Crippen LogP contribution in [-0.4, -0.2) is 64.6 Å². The first-order valence-electron chi connectivity index (χ1n) is 5.65. The first-order chi connectivity index (χ1) is 7.62. The molecule has 0 rings (SSSR count). The molecule has 0 aliphatic rings. The summed E-state index contributed by atoms with van der Waals surface area (Å²) in [4.78, 5) is 10.5. The number of nitrogens with zero attached hydrogens (tertiary/aromatic N) is 1. The number of likely N-dealkylation sites (N-methyl/N-ethyl adjacent to an activating group) is 1. The van der Waals surface area contributed by atoms with Crippen LogP contribution in [0.1, 0.15) is 20.8 Å². The minimum Gasteiger partial charge on any atom is -0.460 e. The van der Waals surface area contributed by atoms with Crippen molar-refractivity contribution in [1.82, 2.24) is 0 Å². The number of hydrogen-bond acceptors (Lipinski definition) is 3. The van der Waals surface area contributed by atoms with Crippen molar-refractivity contribution in [2.24, 2.45) is 0 Å². The van der Waals surface area contributed by atoms with E-state index in [0.29, 0.717) is 24.2 Å². The van der Waals surface area contributed by atoms with E-state index in [1.807, 2.05) is 27.9 Å². The predicted molar refractivity (Wildman–Crippen MR) is 72.6 cm³/mol. The molecule has 0 saturated carbocycles. The minimum atomic E-state index is -2.92. The van der Waals surface area contributed by atoms with Crippen LogP contribution < -0.4 is 0 Å². The number of carbonyl (C=O) groups excluding carboxylic acids is 1. The van der Waals surface area contributed by atoms with Crippen LogP contribution >= 0.6 is 0 Å². The summed E-state index contributed by atoms with van der Waals surface area (Å²) in [7, 11) is 0.901. The molecule has 104 valence electrons. The van der Waals surface area contributed by atoms with Crippen molar-refractivity contribution in [1.29, 1.82) is 0 Å². The number of esters is 1. The molecule has 0 saturated heterocycles. The summed E-state index contributed by atoms with van der Waals surface area (Å²) in [6.07, 6.45) is 0. The van der Waals surface area contributed by atoms with Crippen LogP contribution in [0.2, 0.25) is 0 Å². The summed E-state index contributed by atoms with van der Waals surface area (Å²) >= 11 is 0. The maximum atomic E-state index is 11.0. The molecule has 1 unspecified atom stereocenters. The zero-order valence-electron chi connectivity index (χ0n) is 11.6. The Morgan fingerprint density at radius 2 is 1.82 bits per heavy atom. The molecule has 0 heterocycles. The van der Waals surface area contributed by atoms with Gasteiger partial charge in [0, 0.05) is 6.92 Å². The maximum Gasteiger partial charge on any atom is 0.302 e. The van der Waals surface area contributed by atoms with Crippen molar-refractivity contribution >= 4 is 21.6 Å². The quantitative estimate of drug-likeness (QED) is 0.440. The molecule has 17 heavy (non-hydrogen) atoms. The number of rotatable bonds is 6. The van der Waals surface area contributed by atoms with E-state index in [1.165, 1.54) is 6.92 Å². The van der Waals surface area contributed by atoms with E-state index in [0.717, 1.165) is 0 Å². The van der Waals surface area contributed by atoms with Crippen molar-refractivity contribution in [2.75, 3.05) is 39.5 Å². The van der Waals surface area contributed by atoms with E-state index < -0.39 is 9.80 Å². The van der Waals surface area contributed by atoms with Gasteiger partial charge in [-0.05, 0) is 5.87 Å². The fourth-order valence-electron chi connectivity index (χ4n) is 0.938. The molecule has 0 aliphatic carbocycles. The van der Waals surface area contributed by atoms with Gasteiger partial charge in [0.15, 0.2) is 0 Å². The Hall–Kier alpha value is -0.590. The lowest BCUT2D eigenvalue weighted by atomic mass is 10.4. The van der Waals surface area contributed by atoms with Crippen LogP contribution in [-0.2, 0) is 19.3 Å². The van der Waals surface area contributed by atoms with Crippen molar-refractivity contribution in [3.63, 3.8) is 0 Å². The second-order valence-electron chi connectivity index (χ2n) is 4.20. The van der Waals surface area contributed by atoms with Gasteiger partial charge in [0.1, 0.15) is 13.2 Å².